The molecule has 180 valence electrons. The van der Waals surface area contributed by atoms with Gasteiger partial charge in [0, 0.05) is 46.3 Å². The predicted octanol–water partition coefficient (Wildman–Crippen LogP) is 1.61. The molecule has 34 heavy (non-hydrogen) atoms. The molecule has 0 bridgehead atoms. The summed E-state index contributed by atoms with van der Waals surface area (Å²) in [5.74, 6) is -2.22. The number of aryl methyl sites for hydroxylation is 3. The van der Waals surface area contributed by atoms with Crippen molar-refractivity contribution in [1.29, 1.82) is 0 Å². The summed E-state index contributed by atoms with van der Waals surface area (Å²) in [6.07, 6.45) is 4.78. The number of amides is 3. The Morgan fingerprint density at radius 2 is 1.18 bits per heavy atom. The van der Waals surface area contributed by atoms with Crippen LogP contribution in [0.15, 0.2) is 36.8 Å². The van der Waals surface area contributed by atoms with Crippen molar-refractivity contribution in [2.75, 3.05) is 22.3 Å². The standard InChI is InChI=1S/C21H26N7O5P/c1-26-9-12(6-15(26)19(31)22-5-4-18(29)30)23-20(32)16-7-13(10-27(16)2)24-21(33)17-8-14(25-34)11-28(17)3/h6-11,25H,4-5,34H2,1-3H3,(H,22,31)(H,23,32)(H,24,33)(H,29,30). The number of anilines is 3. The molecular weight excluding hydrogens is 461 g/mol. The van der Waals surface area contributed by atoms with Crippen LogP contribution in [0.2, 0.25) is 0 Å². The van der Waals surface area contributed by atoms with Crippen LogP contribution < -0.4 is 21.0 Å². The van der Waals surface area contributed by atoms with E-state index in [-0.39, 0.29) is 24.6 Å². The Bertz CT molecular complexity index is 1260. The molecule has 0 fully saturated rings. The van der Waals surface area contributed by atoms with Crippen molar-refractivity contribution in [3.63, 3.8) is 0 Å². The lowest BCUT2D eigenvalue weighted by Crippen LogP contribution is -2.27. The molecule has 0 aromatic carbocycles. The first-order valence-corrected chi connectivity index (χ1v) is 10.7. The van der Waals surface area contributed by atoms with Crippen LogP contribution in [0, 0.1) is 0 Å². The zero-order valence-electron chi connectivity index (χ0n) is 18.9. The first kappa shape index (κ1) is 24.6. The molecule has 0 aliphatic carbocycles. The van der Waals surface area contributed by atoms with E-state index in [4.69, 9.17) is 5.11 Å². The van der Waals surface area contributed by atoms with Crippen molar-refractivity contribution < 1.29 is 24.3 Å². The molecule has 1 atom stereocenters. The van der Waals surface area contributed by atoms with Gasteiger partial charge in [0.25, 0.3) is 17.7 Å². The quantitative estimate of drug-likeness (QED) is 0.289. The molecule has 0 aliphatic rings. The minimum atomic E-state index is -1.01. The Hall–Kier alpha value is -4.05. The maximum Gasteiger partial charge on any atom is 0.305 e. The molecular formula is C21H26N7O5P. The van der Waals surface area contributed by atoms with Crippen LogP contribution in [0.25, 0.3) is 0 Å². The number of carboxylic acids is 1. The predicted molar refractivity (Wildman–Crippen MR) is 130 cm³/mol. The fourth-order valence-corrected chi connectivity index (χ4v) is 3.51. The lowest BCUT2D eigenvalue weighted by molar-refractivity contribution is -0.136. The second-order valence-corrected chi connectivity index (χ2v) is 7.92. The molecule has 3 heterocycles. The first-order valence-electron chi connectivity index (χ1n) is 10.2. The highest BCUT2D eigenvalue weighted by Gasteiger charge is 2.18. The monoisotopic (exact) mass is 487 g/mol. The normalized spacial score (nSPS) is 10.6. The van der Waals surface area contributed by atoms with Crippen molar-refractivity contribution in [3.05, 3.63) is 53.9 Å². The van der Waals surface area contributed by atoms with Gasteiger partial charge >= 0.3 is 5.97 Å². The maximum absolute atomic E-state index is 12.8. The number of carbonyl (C=O) groups is 4. The molecule has 0 saturated heterocycles. The average molecular weight is 487 g/mol. The Morgan fingerprint density at radius 3 is 1.59 bits per heavy atom. The SMILES string of the molecule is Cn1cc(NC(=O)c2cc(NC(=O)c3cc(NP)cn3C)cn2C)cc1C(=O)NCCC(=O)O. The second-order valence-electron chi connectivity index (χ2n) is 7.63. The minimum Gasteiger partial charge on any atom is -0.481 e. The fourth-order valence-electron chi connectivity index (χ4n) is 3.35. The van der Waals surface area contributed by atoms with Gasteiger partial charge in [-0.05, 0) is 27.6 Å². The van der Waals surface area contributed by atoms with Crippen LogP contribution in [0.4, 0.5) is 17.1 Å². The van der Waals surface area contributed by atoms with Gasteiger partial charge in [0.15, 0.2) is 0 Å². The van der Waals surface area contributed by atoms with E-state index in [0.29, 0.717) is 22.8 Å². The third-order valence-corrected chi connectivity index (χ3v) is 5.35. The van der Waals surface area contributed by atoms with Gasteiger partial charge in [0.05, 0.1) is 23.5 Å². The van der Waals surface area contributed by atoms with Crippen LogP contribution in [0.3, 0.4) is 0 Å². The van der Waals surface area contributed by atoms with Gasteiger partial charge in [-0.15, -0.1) is 0 Å². The Morgan fingerprint density at radius 1 is 0.765 bits per heavy atom. The summed E-state index contributed by atoms with van der Waals surface area (Å²) in [5.41, 5.74) is 2.62. The van der Waals surface area contributed by atoms with Crippen LogP contribution in [-0.4, -0.2) is 49.0 Å². The molecule has 0 spiro atoms. The van der Waals surface area contributed by atoms with Crippen LogP contribution in [0.5, 0.6) is 0 Å². The van der Waals surface area contributed by atoms with Crippen molar-refractivity contribution >= 4 is 50.1 Å². The highest BCUT2D eigenvalue weighted by atomic mass is 31.0. The van der Waals surface area contributed by atoms with Crippen molar-refractivity contribution in [3.8, 4) is 0 Å². The first-order chi connectivity index (χ1) is 16.1. The number of aromatic nitrogens is 3. The van der Waals surface area contributed by atoms with Crippen molar-refractivity contribution in [2.24, 2.45) is 21.1 Å². The molecule has 1 unspecified atom stereocenters. The van der Waals surface area contributed by atoms with E-state index in [2.05, 4.69) is 30.4 Å². The molecule has 3 amide bonds. The van der Waals surface area contributed by atoms with Gasteiger partial charge in [-0.25, -0.2) is 0 Å². The van der Waals surface area contributed by atoms with E-state index in [1.54, 1.807) is 61.0 Å². The molecule has 5 N–H and O–H groups in total. The Labute approximate surface area is 197 Å². The Balaban J connectivity index is 1.67. The van der Waals surface area contributed by atoms with E-state index >= 15 is 0 Å². The fraction of sp³-hybridized carbons (Fsp3) is 0.238. The molecule has 0 radical (unpaired) electrons. The summed E-state index contributed by atoms with van der Waals surface area (Å²) >= 11 is 0. The van der Waals surface area contributed by atoms with Crippen LogP contribution in [-0.2, 0) is 25.9 Å². The number of rotatable bonds is 9. The number of carboxylic acid groups (broad SMARTS) is 1. The minimum absolute atomic E-state index is 0.00310. The summed E-state index contributed by atoms with van der Waals surface area (Å²) in [5, 5.41) is 19.6. The molecule has 0 saturated carbocycles. The molecule has 3 rings (SSSR count). The molecule has 13 heteroatoms. The third-order valence-electron chi connectivity index (χ3n) is 5.02. The number of carbonyl (C=O) groups excluding carboxylic acids is 3. The molecule has 12 nitrogen and oxygen atoms in total. The van der Waals surface area contributed by atoms with Gasteiger partial charge in [-0.2, -0.15) is 0 Å². The largest absolute Gasteiger partial charge is 0.481 e. The topological polar surface area (TPSA) is 151 Å². The maximum atomic E-state index is 12.8. The van der Waals surface area contributed by atoms with Gasteiger partial charge in [-0.1, -0.05) is 0 Å². The van der Waals surface area contributed by atoms with Gasteiger partial charge < -0.3 is 39.8 Å². The average Bonchev–Trinajstić information content (AvgIpc) is 3.43. The zero-order valence-corrected chi connectivity index (χ0v) is 20.0. The van der Waals surface area contributed by atoms with E-state index < -0.39 is 17.8 Å². The van der Waals surface area contributed by atoms with Gasteiger partial charge in [0.1, 0.15) is 17.1 Å². The number of hydrogen-bond donors (Lipinski definition) is 5. The van der Waals surface area contributed by atoms with Gasteiger partial charge in [0.2, 0.25) is 0 Å². The van der Waals surface area contributed by atoms with E-state index in [9.17, 15) is 19.2 Å². The Kier molecular flexibility index (Phi) is 7.42. The third kappa shape index (κ3) is 5.65. The molecule has 0 aliphatic heterocycles. The number of hydrogen-bond acceptors (Lipinski definition) is 5. The highest BCUT2D eigenvalue weighted by Crippen LogP contribution is 2.20. The van der Waals surface area contributed by atoms with Crippen LogP contribution in [0.1, 0.15) is 37.9 Å². The summed E-state index contributed by atoms with van der Waals surface area (Å²) in [6, 6.07) is 4.74. The van der Waals surface area contributed by atoms with Crippen molar-refractivity contribution in [1.82, 2.24) is 19.0 Å². The summed E-state index contributed by atoms with van der Waals surface area (Å²) < 4.78 is 4.79. The molecule has 3 aromatic heterocycles. The summed E-state index contributed by atoms with van der Waals surface area (Å²) in [7, 11) is 7.44. The van der Waals surface area contributed by atoms with E-state index in [0.717, 1.165) is 5.69 Å². The zero-order chi connectivity index (χ0) is 25.0. The van der Waals surface area contributed by atoms with E-state index in [1.165, 1.54) is 10.6 Å². The second kappa shape index (κ2) is 10.3. The number of nitrogens with zero attached hydrogens (tertiary/aromatic N) is 3. The van der Waals surface area contributed by atoms with E-state index in [1.807, 2.05) is 0 Å². The number of nitrogens with one attached hydrogen (secondary N) is 4. The number of aliphatic carboxylic acids is 1. The highest BCUT2D eigenvalue weighted by molar-refractivity contribution is 7.18. The smallest absolute Gasteiger partial charge is 0.305 e. The molecule has 3 aromatic rings. The summed E-state index contributed by atoms with van der Waals surface area (Å²) in [6.45, 7) is -0.00310. The van der Waals surface area contributed by atoms with Gasteiger partial charge in [-0.3, -0.25) is 19.2 Å². The van der Waals surface area contributed by atoms with Crippen LogP contribution >= 0.6 is 9.39 Å². The van der Waals surface area contributed by atoms with Crippen molar-refractivity contribution in [2.45, 2.75) is 6.42 Å². The lowest BCUT2D eigenvalue weighted by Gasteiger charge is -2.04. The lowest BCUT2D eigenvalue weighted by atomic mass is 10.3. The summed E-state index contributed by atoms with van der Waals surface area (Å²) in [4.78, 5) is 48.3.